The summed E-state index contributed by atoms with van der Waals surface area (Å²) >= 11 is 0. The van der Waals surface area contributed by atoms with E-state index < -0.39 is 0 Å². The van der Waals surface area contributed by atoms with Gasteiger partial charge in [-0.2, -0.15) is 0 Å². The zero-order valence-electron chi connectivity index (χ0n) is 14.2. The van der Waals surface area contributed by atoms with Gasteiger partial charge in [-0.25, -0.2) is 0 Å². The first-order valence-corrected chi connectivity index (χ1v) is 9.29. The third-order valence-electron chi connectivity index (χ3n) is 6.61. The summed E-state index contributed by atoms with van der Waals surface area (Å²) in [6.45, 7) is 4.60. The molecular weight excluding hydrogens is 290 g/mol. The summed E-state index contributed by atoms with van der Waals surface area (Å²) in [7, 11) is 0. The van der Waals surface area contributed by atoms with Crippen molar-refractivity contribution in [1.29, 1.82) is 0 Å². The lowest BCUT2D eigenvalue weighted by Gasteiger charge is -2.57. The highest BCUT2D eigenvalue weighted by Gasteiger charge is 2.51. The van der Waals surface area contributed by atoms with Crippen LogP contribution in [0.2, 0.25) is 0 Å². The molecule has 0 spiro atoms. The fourth-order valence-electron chi connectivity index (χ4n) is 5.86. The molecule has 0 radical (unpaired) electrons. The van der Waals surface area contributed by atoms with E-state index in [1.54, 1.807) is 0 Å². The van der Waals surface area contributed by atoms with E-state index in [-0.39, 0.29) is 12.0 Å². The van der Waals surface area contributed by atoms with Crippen LogP contribution in [0.25, 0.3) is 0 Å². The average molecular weight is 319 g/mol. The van der Waals surface area contributed by atoms with Crippen LogP contribution in [0.3, 0.4) is 0 Å². The minimum Gasteiger partial charge on any atom is -0.376 e. The van der Waals surface area contributed by atoms with Crippen molar-refractivity contribution in [3.63, 3.8) is 0 Å². The number of amides is 1. The number of ether oxygens (including phenoxy) is 2. The Bertz CT molecular complexity index is 458. The molecule has 0 aromatic heterocycles. The van der Waals surface area contributed by atoms with Crippen molar-refractivity contribution in [3.8, 4) is 0 Å². The van der Waals surface area contributed by atoms with E-state index in [2.05, 4.69) is 12.2 Å². The number of carbonyl (C=O) groups excluding carboxylic acids is 1. The number of nitrogens with one attached hydrogen (secondary N) is 1. The summed E-state index contributed by atoms with van der Waals surface area (Å²) in [5, 5.41) is 3.00. The van der Waals surface area contributed by atoms with Crippen LogP contribution in [-0.2, 0) is 14.3 Å². The quantitative estimate of drug-likeness (QED) is 0.811. The lowest BCUT2D eigenvalue weighted by Crippen LogP contribution is -2.47. The second-order valence-electron chi connectivity index (χ2n) is 8.34. The Morgan fingerprint density at radius 2 is 1.78 bits per heavy atom. The van der Waals surface area contributed by atoms with E-state index in [4.69, 9.17) is 9.47 Å². The molecule has 5 aliphatic rings. The number of hydrogen-bond donors (Lipinski definition) is 1. The predicted molar refractivity (Wildman–Crippen MR) is 87.9 cm³/mol. The number of allylic oxidation sites excluding steroid dienone is 1. The molecule has 1 N–H and O–H groups in total. The van der Waals surface area contributed by atoms with Gasteiger partial charge >= 0.3 is 0 Å². The van der Waals surface area contributed by atoms with Crippen molar-refractivity contribution in [2.45, 2.75) is 51.6 Å². The molecule has 5 rings (SSSR count). The monoisotopic (exact) mass is 319 g/mol. The molecule has 23 heavy (non-hydrogen) atoms. The van der Waals surface area contributed by atoms with Gasteiger partial charge in [-0.05, 0) is 68.6 Å². The van der Waals surface area contributed by atoms with Crippen molar-refractivity contribution in [2.24, 2.45) is 23.2 Å². The Balaban J connectivity index is 1.37. The molecule has 1 amide bonds. The molecule has 4 heteroatoms. The van der Waals surface area contributed by atoms with Gasteiger partial charge < -0.3 is 14.8 Å². The zero-order chi connectivity index (χ0) is 15.9. The van der Waals surface area contributed by atoms with Crippen LogP contribution in [0.15, 0.2) is 11.6 Å². The molecular formula is C19H29NO3. The second-order valence-corrected chi connectivity index (χ2v) is 8.34. The number of hydrogen-bond acceptors (Lipinski definition) is 3. The summed E-state index contributed by atoms with van der Waals surface area (Å²) in [4.78, 5) is 12.3. The molecule has 1 aliphatic heterocycles. The Morgan fingerprint density at radius 1 is 1.13 bits per heavy atom. The maximum atomic E-state index is 12.3. The van der Waals surface area contributed by atoms with E-state index in [1.165, 1.54) is 44.1 Å². The average Bonchev–Trinajstić information content (AvgIpc) is 2.52. The van der Waals surface area contributed by atoms with Gasteiger partial charge in [0.25, 0.3) is 0 Å². The highest BCUT2D eigenvalue weighted by atomic mass is 16.6. The largest absolute Gasteiger partial charge is 0.376 e. The van der Waals surface area contributed by atoms with E-state index in [0.29, 0.717) is 31.8 Å². The topological polar surface area (TPSA) is 47.6 Å². The normalized spacial score (nSPS) is 42.7. The molecule has 5 fully saturated rings. The molecule has 4 nitrogen and oxygen atoms in total. The van der Waals surface area contributed by atoms with Crippen LogP contribution in [0.4, 0.5) is 0 Å². The van der Waals surface area contributed by atoms with Crippen LogP contribution in [-0.4, -0.2) is 38.4 Å². The Labute approximate surface area is 139 Å². The van der Waals surface area contributed by atoms with Gasteiger partial charge in [-0.1, -0.05) is 5.57 Å². The molecule has 4 aliphatic carbocycles. The Morgan fingerprint density at radius 3 is 2.35 bits per heavy atom. The molecule has 128 valence electrons. The predicted octanol–water partition coefficient (Wildman–Crippen LogP) is 2.68. The molecule has 4 bridgehead atoms. The molecule has 1 heterocycles. The van der Waals surface area contributed by atoms with Crippen molar-refractivity contribution >= 4 is 5.91 Å². The van der Waals surface area contributed by atoms with Gasteiger partial charge in [-0.3, -0.25) is 4.79 Å². The first-order chi connectivity index (χ1) is 11.1. The fraction of sp³-hybridized carbons (Fsp3) is 0.842. The van der Waals surface area contributed by atoms with Crippen LogP contribution in [0, 0.1) is 23.2 Å². The zero-order valence-corrected chi connectivity index (χ0v) is 14.2. The summed E-state index contributed by atoms with van der Waals surface area (Å²) in [5.74, 6) is 2.79. The molecule has 1 atom stereocenters. The smallest absolute Gasteiger partial charge is 0.244 e. The highest BCUT2D eigenvalue weighted by molar-refractivity contribution is 5.88. The maximum Gasteiger partial charge on any atom is 0.244 e. The first-order valence-electron chi connectivity index (χ1n) is 9.29. The van der Waals surface area contributed by atoms with Crippen LogP contribution in [0.1, 0.15) is 45.4 Å². The number of carbonyl (C=O) groups is 1. The maximum absolute atomic E-state index is 12.3. The van der Waals surface area contributed by atoms with Gasteiger partial charge in [0.1, 0.15) is 0 Å². The van der Waals surface area contributed by atoms with E-state index >= 15 is 0 Å². The van der Waals surface area contributed by atoms with Crippen molar-refractivity contribution in [1.82, 2.24) is 5.32 Å². The third kappa shape index (κ3) is 3.20. The minimum atomic E-state index is 0.000885. The minimum absolute atomic E-state index is 0.000885. The van der Waals surface area contributed by atoms with Gasteiger partial charge in [0.2, 0.25) is 5.91 Å². The van der Waals surface area contributed by atoms with E-state index in [9.17, 15) is 4.79 Å². The third-order valence-corrected chi connectivity index (χ3v) is 6.61. The SMILES string of the molecule is C/C(=C/C(=O)NC[C@H]1COCCO1)C12CC3CC(CC(C3)C1)C2. The van der Waals surface area contributed by atoms with Gasteiger partial charge in [0, 0.05) is 12.6 Å². The van der Waals surface area contributed by atoms with Crippen LogP contribution >= 0.6 is 0 Å². The van der Waals surface area contributed by atoms with E-state index in [1.807, 2.05) is 6.08 Å². The fourth-order valence-corrected chi connectivity index (χ4v) is 5.86. The highest BCUT2D eigenvalue weighted by Crippen LogP contribution is 2.62. The molecule has 0 aromatic carbocycles. The van der Waals surface area contributed by atoms with E-state index in [0.717, 1.165) is 17.8 Å². The van der Waals surface area contributed by atoms with Crippen molar-refractivity contribution in [2.75, 3.05) is 26.4 Å². The lowest BCUT2D eigenvalue weighted by atomic mass is 9.48. The first kappa shape index (κ1) is 15.6. The van der Waals surface area contributed by atoms with Crippen LogP contribution < -0.4 is 5.32 Å². The summed E-state index contributed by atoms with van der Waals surface area (Å²) in [6, 6.07) is 0. The summed E-state index contributed by atoms with van der Waals surface area (Å²) in [6.07, 6.45) is 10.1. The molecule has 0 aromatic rings. The van der Waals surface area contributed by atoms with Gasteiger partial charge in [-0.15, -0.1) is 0 Å². The Kier molecular flexibility index (Phi) is 4.22. The van der Waals surface area contributed by atoms with Crippen molar-refractivity contribution < 1.29 is 14.3 Å². The lowest BCUT2D eigenvalue weighted by molar-refractivity contribution is -0.119. The summed E-state index contributed by atoms with van der Waals surface area (Å²) < 4.78 is 10.9. The molecule has 1 saturated heterocycles. The van der Waals surface area contributed by atoms with Crippen LogP contribution in [0.5, 0.6) is 0 Å². The van der Waals surface area contributed by atoms with Crippen molar-refractivity contribution in [3.05, 3.63) is 11.6 Å². The molecule has 4 saturated carbocycles. The number of rotatable bonds is 4. The van der Waals surface area contributed by atoms with Gasteiger partial charge in [0.05, 0.1) is 25.9 Å². The Hall–Kier alpha value is -0.870. The molecule has 0 unspecified atom stereocenters. The standard InChI is InChI=1S/C19H29NO3/c1-13(4-18(21)20-11-17-12-22-2-3-23-17)19-8-14-5-15(9-19)7-16(6-14)10-19/h4,14-17H,2-3,5-12H2,1H3,(H,20,21)/b13-4-/t14?,15?,16?,17-,19?/m0/s1. The van der Waals surface area contributed by atoms with Gasteiger partial charge in [0.15, 0.2) is 0 Å². The second kappa shape index (κ2) is 6.21. The summed E-state index contributed by atoms with van der Waals surface area (Å²) in [5.41, 5.74) is 1.64.